The molecule has 4 aromatic carbocycles. The summed E-state index contributed by atoms with van der Waals surface area (Å²) >= 11 is 12.8. The molecule has 0 radical (unpaired) electrons. The zero-order valence-electron chi connectivity index (χ0n) is 24.0. The Kier molecular flexibility index (Phi) is 11.4. The first-order valence-electron chi connectivity index (χ1n) is 14.0. The number of amides is 2. The van der Waals surface area contributed by atoms with Gasteiger partial charge in [-0.15, -0.1) is 0 Å². The molecule has 0 aliphatic rings. The average molecular weight is 657 g/mol. The molecule has 1 N–H and O–H groups in total. The topological polar surface area (TPSA) is 86.8 Å². The summed E-state index contributed by atoms with van der Waals surface area (Å²) in [4.78, 5) is 29.3. The number of benzene rings is 4. The van der Waals surface area contributed by atoms with Crippen LogP contribution in [0.3, 0.4) is 0 Å². The number of nitrogens with zero attached hydrogens (tertiary/aromatic N) is 2. The first kappa shape index (κ1) is 33.0. The summed E-state index contributed by atoms with van der Waals surface area (Å²) in [6.07, 6.45) is 0.832. The molecule has 0 aliphatic heterocycles. The van der Waals surface area contributed by atoms with E-state index in [1.165, 1.54) is 59.5 Å². The van der Waals surface area contributed by atoms with Gasteiger partial charge in [-0.05, 0) is 53.9 Å². The van der Waals surface area contributed by atoms with Crippen LogP contribution in [0.15, 0.2) is 108 Å². The molecule has 0 aromatic heterocycles. The Morgan fingerprint density at radius 1 is 0.841 bits per heavy atom. The van der Waals surface area contributed by atoms with Crippen molar-refractivity contribution < 1.29 is 22.4 Å². The first-order valence-corrected chi connectivity index (χ1v) is 16.2. The molecule has 2 amide bonds. The molecule has 1 unspecified atom stereocenters. The first-order chi connectivity index (χ1) is 21.1. The van der Waals surface area contributed by atoms with Crippen LogP contribution >= 0.6 is 23.2 Å². The summed E-state index contributed by atoms with van der Waals surface area (Å²) in [6.45, 7) is 1.52. The van der Waals surface area contributed by atoms with Crippen molar-refractivity contribution in [2.24, 2.45) is 0 Å². The average Bonchev–Trinajstić information content (AvgIpc) is 3.03. The Morgan fingerprint density at radius 2 is 1.48 bits per heavy atom. The van der Waals surface area contributed by atoms with E-state index in [4.69, 9.17) is 23.2 Å². The van der Waals surface area contributed by atoms with Crippen molar-refractivity contribution in [3.05, 3.63) is 130 Å². The van der Waals surface area contributed by atoms with Gasteiger partial charge in [-0.25, -0.2) is 12.8 Å². The third-order valence-corrected chi connectivity index (χ3v) is 9.48. The predicted octanol–water partition coefficient (Wildman–Crippen LogP) is 6.49. The SMILES string of the molecule is CCCNC(=O)C(Cc1ccccc1)N(Cc1ccc(F)cc1)C(=O)CN(c1cccc(Cl)c1Cl)S(=O)(=O)c1ccccc1. The van der Waals surface area contributed by atoms with Gasteiger partial charge < -0.3 is 10.2 Å². The number of carbonyl (C=O) groups is 2. The molecule has 44 heavy (non-hydrogen) atoms. The Hall–Kier alpha value is -3.92. The second-order valence-electron chi connectivity index (χ2n) is 10.0. The molecule has 0 heterocycles. The number of anilines is 1. The van der Waals surface area contributed by atoms with Gasteiger partial charge in [0.15, 0.2) is 0 Å². The Balaban J connectivity index is 1.81. The third-order valence-electron chi connectivity index (χ3n) is 6.90. The maximum atomic E-state index is 14.4. The standard InChI is InChI=1S/C33H32Cl2FN3O4S/c1-2-20-37-33(41)30(21-24-10-5-3-6-11-24)38(22-25-16-18-26(36)19-17-25)31(40)23-39(29-15-9-14-28(34)32(29)35)44(42,43)27-12-7-4-8-13-27/h3-19,30H,2,20-23H2,1H3,(H,37,41). The summed E-state index contributed by atoms with van der Waals surface area (Å²) in [5.41, 5.74) is 1.36. The fourth-order valence-corrected chi connectivity index (χ4v) is 6.52. The van der Waals surface area contributed by atoms with Gasteiger partial charge in [-0.3, -0.25) is 13.9 Å². The van der Waals surface area contributed by atoms with Crippen LogP contribution in [-0.4, -0.2) is 44.3 Å². The predicted molar refractivity (Wildman–Crippen MR) is 172 cm³/mol. The molecular weight excluding hydrogens is 624 g/mol. The molecule has 11 heteroatoms. The Bertz CT molecular complexity index is 1670. The molecule has 0 bridgehead atoms. The van der Waals surface area contributed by atoms with Crippen LogP contribution in [0.5, 0.6) is 0 Å². The van der Waals surface area contributed by atoms with Crippen LogP contribution in [0.25, 0.3) is 0 Å². The summed E-state index contributed by atoms with van der Waals surface area (Å²) < 4.78 is 42.7. The van der Waals surface area contributed by atoms with Gasteiger partial charge in [-0.1, -0.05) is 96.9 Å². The van der Waals surface area contributed by atoms with Gasteiger partial charge in [0.25, 0.3) is 10.0 Å². The van der Waals surface area contributed by atoms with Crippen molar-refractivity contribution in [2.45, 2.75) is 37.2 Å². The number of hydrogen-bond acceptors (Lipinski definition) is 4. The van der Waals surface area contributed by atoms with Crippen LogP contribution in [0.1, 0.15) is 24.5 Å². The van der Waals surface area contributed by atoms with E-state index in [2.05, 4.69) is 5.32 Å². The number of rotatable bonds is 13. The maximum Gasteiger partial charge on any atom is 0.264 e. The van der Waals surface area contributed by atoms with E-state index in [0.29, 0.717) is 18.5 Å². The van der Waals surface area contributed by atoms with Gasteiger partial charge in [-0.2, -0.15) is 0 Å². The van der Waals surface area contributed by atoms with Crippen LogP contribution in [-0.2, 0) is 32.6 Å². The van der Waals surface area contributed by atoms with Crippen LogP contribution < -0.4 is 9.62 Å². The molecule has 0 saturated heterocycles. The molecule has 1 atom stereocenters. The lowest BCUT2D eigenvalue weighted by molar-refractivity contribution is -0.140. The highest BCUT2D eigenvalue weighted by Gasteiger charge is 2.35. The molecule has 7 nitrogen and oxygen atoms in total. The molecule has 230 valence electrons. The van der Waals surface area contributed by atoms with E-state index in [1.807, 2.05) is 37.3 Å². The Labute approximate surface area is 267 Å². The second-order valence-corrected chi connectivity index (χ2v) is 12.7. The number of sulfonamides is 1. The van der Waals surface area contributed by atoms with Crippen molar-refractivity contribution in [2.75, 3.05) is 17.4 Å². The molecular formula is C33H32Cl2FN3O4S. The highest BCUT2D eigenvalue weighted by Crippen LogP contribution is 2.35. The minimum Gasteiger partial charge on any atom is -0.354 e. The zero-order chi connectivity index (χ0) is 31.7. The maximum absolute atomic E-state index is 14.4. The van der Waals surface area contributed by atoms with Gasteiger partial charge in [0, 0.05) is 19.5 Å². The second kappa shape index (κ2) is 15.2. The smallest absolute Gasteiger partial charge is 0.264 e. The number of halogens is 3. The molecule has 0 fully saturated rings. The van der Waals surface area contributed by atoms with Crippen molar-refractivity contribution >= 4 is 50.7 Å². The number of nitrogens with one attached hydrogen (secondary N) is 1. The Morgan fingerprint density at radius 3 is 2.11 bits per heavy atom. The van der Waals surface area contributed by atoms with Crippen molar-refractivity contribution in [3.8, 4) is 0 Å². The molecule has 0 saturated carbocycles. The molecule has 0 spiro atoms. The number of hydrogen-bond donors (Lipinski definition) is 1. The lowest BCUT2D eigenvalue weighted by Gasteiger charge is -2.34. The minimum absolute atomic E-state index is 0.00754. The fraction of sp³-hybridized carbons (Fsp3) is 0.212. The van der Waals surface area contributed by atoms with Crippen molar-refractivity contribution in [3.63, 3.8) is 0 Å². The summed E-state index contributed by atoms with van der Waals surface area (Å²) in [6, 6.07) is 25.9. The summed E-state index contributed by atoms with van der Waals surface area (Å²) in [7, 11) is -4.33. The van der Waals surface area contributed by atoms with Crippen LogP contribution in [0.2, 0.25) is 10.0 Å². The summed E-state index contributed by atoms with van der Waals surface area (Å²) in [5.74, 6) is -1.52. The van der Waals surface area contributed by atoms with Gasteiger partial charge in [0.2, 0.25) is 11.8 Å². The fourth-order valence-electron chi connectivity index (χ4n) is 4.62. The minimum atomic E-state index is -4.33. The van der Waals surface area contributed by atoms with Crippen molar-refractivity contribution in [1.29, 1.82) is 0 Å². The highest BCUT2D eigenvalue weighted by molar-refractivity contribution is 7.92. The third kappa shape index (κ3) is 8.16. The normalized spacial score (nSPS) is 11.9. The van der Waals surface area contributed by atoms with Gasteiger partial charge >= 0.3 is 0 Å². The van der Waals surface area contributed by atoms with E-state index in [0.717, 1.165) is 9.87 Å². The van der Waals surface area contributed by atoms with Crippen LogP contribution in [0, 0.1) is 5.82 Å². The van der Waals surface area contributed by atoms with E-state index < -0.39 is 40.2 Å². The quantitative estimate of drug-likeness (QED) is 0.178. The highest BCUT2D eigenvalue weighted by atomic mass is 35.5. The monoisotopic (exact) mass is 655 g/mol. The zero-order valence-corrected chi connectivity index (χ0v) is 26.3. The van der Waals surface area contributed by atoms with Gasteiger partial charge in [0.05, 0.1) is 20.6 Å². The van der Waals surface area contributed by atoms with E-state index in [9.17, 15) is 22.4 Å². The van der Waals surface area contributed by atoms with E-state index in [-0.39, 0.29) is 33.6 Å². The lowest BCUT2D eigenvalue weighted by Crippen LogP contribution is -2.53. The van der Waals surface area contributed by atoms with Gasteiger partial charge in [0.1, 0.15) is 18.4 Å². The molecule has 0 aliphatic carbocycles. The van der Waals surface area contributed by atoms with E-state index >= 15 is 0 Å². The van der Waals surface area contributed by atoms with Crippen molar-refractivity contribution in [1.82, 2.24) is 10.2 Å². The number of carbonyl (C=O) groups excluding carboxylic acids is 2. The molecule has 4 aromatic rings. The van der Waals surface area contributed by atoms with Crippen LogP contribution in [0.4, 0.5) is 10.1 Å². The lowest BCUT2D eigenvalue weighted by atomic mass is 10.0. The summed E-state index contributed by atoms with van der Waals surface area (Å²) in [5, 5.41) is 2.93. The largest absolute Gasteiger partial charge is 0.354 e. The van der Waals surface area contributed by atoms with E-state index in [1.54, 1.807) is 18.2 Å². The molecule has 4 rings (SSSR count).